The maximum Gasteiger partial charge on any atom is 0.255 e. The largest absolute Gasteiger partial charge is 0.457 e. The lowest BCUT2D eigenvalue weighted by Gasteiger charge is -2.27. The molecule has 0 aliphatic rings. The molecule has 0 unspecified atom stereocenters. The van der Waals surface area contributed by atoms with E-state index in [0.29, 0.717) is 11.6 Å². The van der Waals surface area contributed by atoms with Crippen LogP contribution in [-0.4, -0.2) is 14.1 Å². The number of ether oxygens (including phenoxy) is 1. The summed E-state index contributed by atoms with van der Waals surface area (Å²) < 4.78 is 56.3. The molecule has 0 aliphatic carbocycles. The Morgan fingerprint density at radius 3 is 1.86 bits per heavy atom. The number of aryl methyl sites for hydroxylation is 1. The molecule has 0 radical (unpaired) electrons. The molecule has 0 saturated carbocycles. The molecule has 76 heavy (non-hydrogen) atoms. The minimum Gasteiger partial charge on any atom is -0.457 e. The number of fused-ring (bicyclic) bond motifs is 4. The maximum absolute atomic E-state index is 8.78. The van der Waals surface area contributed by atoms with Gasteiger partial charge in [-0.2, -0.15) is 9.13 Å². The highest BCUT2D eigenvalue weighted by atomic mass is 16.5. The fourth-order valence-electron chi connectivity index (χ4n) is 10.7. The number of nitrogens with zero attached hydrogens (tertiary/aromatic N) is 4. The van der Waals surface area contributed by atoms with Gasteiger partial charge in [0.25, 0.3) is 6.33 Å². The van der Waals surface area contributed by atoms with Crippen LogP contribution in [0.2, 0.25) is 0 Å². The molecule has 380 valence electrons. The first-order valence-corrected chi connectivity index (χ1v) is 26.4. The Morgan fingerprint density at radius 2 is 1.14 bits per heavy atom. The van der Waals surface area contributed by atoms with E-state index in [1.54, 1.807) is 12.3 Å². The van der Waals surface area contributed by atoms with Crippen molar-refractivity contribution in [3.8, 4) is 62.1 Å². The zero-order valence-corrected chi connectivity index (χ0v) is 45.6. The summed E-state index contributed by atoms with van der Waals surface area (Å²) in [6.07, 6.45) is 3.88. The topological polar surface area (TPSA) is 35.9 Å². The van der Waals surface area contributed by atoms with Gasteiger partial charge in [-0.15, -0.1) is 0 Å². The van der Waals surface area contributed by atoms with Crippen molar-refractivity contribution >= 4 is 32.8 Å². The molecule has 0 atom stereocenters. The van der Waals surface area contributed by atoms with Gasteiger partial charge in [0.2, 0.25) is 0 Å². The van der Waals surface area contributed by atoms with Crippen molar-refractivity contribution in [2.45, 2.75) is 112 Å². The van der Waals surface area contributed by atoms with Crippen molar-refractivity contribution in [1.82, 2.24) is 14.1 Å². The van der Waals surface area contributed by atoms with Gasteiger partial charge in [0, 0.05) is 47.1 Å². The van der Waals surface area contributed by atoms with E-state index >= 15 is 0 Å². The Balaban J connectivity index is 1.10. The quantitative estimate of drug-likeness (QED) is 0.142. The van der Waals surface area contributed by atoms with Crippen LogP contribution in [0.4, 0.5) is 0 Å². The van der Waals surface area contributed by atoms with E-state index in [0.717, 1.165) is 72.0 Å². The minimum atomic E-state index is -2.50. The molecule has 11 aromatic rings. The molecule has 0 bridgehead atoms. The van der Waals surface area contributed by atoms with Crippen LogP contribution in [0.25, 0.3) is 83.4 Å². The van der Waals surface area contributed by atoms with Crippen LogP contribution in [0, 0.1) is 6.85 Å². The summed E-state index contributed by atoms with van der Waals surface area (Å²) in [5, 5.41) is 2.00. The second-order valence-electron chi connectivity index (χ2n) is 24.0. The summed E-state index contributed by atoms with van der Waals surface area (Å²) in [5.74, 6) is 1.32. The second kappa shape index (κ2) is 18.7. The Labute approximate surface area is 457 Å². The number of para-hydroxylation sites is 3. The normalized spacial score (nSPS) is 13.6. The van der Waals surface area contributed by atoms with Crippen molar-refractivity contribution in [1.29, 1.82) is 0 Å². The van der Waals surface area contributed by atoms with Gasteiger partial charge in [-0.05, 0) is 145 Å². The first kappa shape index (κ1) is 44.3. The Kier molecular flexibility index (Phi) is 10.9. The minimum absolute atomic E-state index is 0.0438. The highest BCUT2D eigenvalue weighted by Gasteiger charge is 2.30. The number of rotatable bonds is 8. The average Bonchev–Trinajstić information content (AvgIpc) is 4.24. The van der Waals surface area contributed by atoms with E-state index in [4.69, 9.17) is 16.6 Å². The summed E-state index contributed by atoms with van der Waals surface area (Å²) in [6.45, 7) is 20.1. The molecule has 8 aromatic carbocycles. The van der Waals surface area contributed by atoms with Gasteiger partial charge in [0.1, 0.15) is 28.7 Å². The van der Waals surface area contributed by atoms with Gasteiger partial charge in [-0.1, -0.05) is 186 Å². The van der Waals surface area contributed by atoms with Crippen molar-refractivity contribution in [2.24, 2.45) is 0 Å². The summed E-state index contributed by atoms with van der Waals surface area (Å²) in [4.78, 5) is 4.84. The molecule has 5 nitrogen and oxygen atoms in total. The van der Waals surface area contributed by atoms with Crippen LogP contribution in [0.5, 0.6) is 11.5 Å². The number of aromatic nitrogens is 4. The molecular formula is C71H71N4O+. The van der Waals surface area contributed by atoms with Crippen LogP contribution >= 0.6 is 0 Å². The fourth-order valence-corrected chi connectivity index (χ4v) is 10.7. The van der Waals surface area contributed by atoms with Gasteiger partial charge in [-0.3, -0.25) is 4.57 Å². The lowest BCUT2D eigenvalue weighted by atomic mass is 9.78. The van der Waals surface area contributed by atoms with Gasteiger partial charge in [0.05, 0.1) is 11.0 Å². The van der Waals surface area contributed by atoms with Crippen molar-refractivity contribution in [2.75, 3.05) is 0 Å². The smallest absolute Gasteiger partial charge is 0.255 e. The third-order valence-electron chi connectivity index (χ3n) is 14.9. The molecule has 11 rings (SSSR count). The highest BCUT2D eigenvalue weighted by Crippen LogP contribution is 2.43. The first-order valence-electron chi connectivity index (χ1n) is 29.3. The second-order valence-corrected chi connectivity index (χ2v) is 24.0. The van der Waals surface area contributed by atoms with E-state index in [1.165, 1.54) is 27.8 Å². The standard InChI is InChI=1S/C71H71N4O/c1-46-27-33-53(43-65(46)76-54-34-36-57-56-23-17-18-24-61(56)75(64(57)44-54)66-42-51(37-38-72-66)69(5,6)7)73-45-74(63-26-20-19-25-62(63)73)67-58(47-21-15-14-16-22-47)40-52(70(8,9)10)41-59(67)49-30-35-55(60(39-49)71(11,12)13)48-28-31-50(32-29-48)68(2,3)4/h14-45H,1-13H3/q+1/i1D3,5D,6D. The van der Waals surface area contributed by atoms with Gasteiger partial charge in [0.15, 0.2) is 11.0 Å². The van der Waals surface area contributed by atoms with Crippen molar-refractivity contribution < 1.29 is 16.2 Å². The lowest BCUT2D eigenvalue weighted by molar-refractivity contribution is -0.566. The van der Waals surface area contributed by atoms with Crippen LogP contribution < -0.4 is 9.30 Å². The zero-order chi connectivity index (χ0) is 57.4. The number of imidazole rings is 1. The van der Waals surface area contributed by atoms with E-state index in [9.17, 15) is 0 Å². The third kappa shape index (κ3) is 9.31. The van der Waals surface area contributed by atoms with E-state index in [1.807, 2.05) is 67.6 Å². The van der Waals surface area contributed by atoms with Gasteiger partial charge in [-0.25, -0.2) is 4.98 Å². The Bertz CT molecular complexity index is 4170. The molecule has 3 heterocycles. The van der Waals surface area contributed by atoms with Gasteiger partial charge >= 0.3 is 0 Å². The molecule has 0 aliphatic heterocycles. The molecular weight excluding hydrogens is 925 g/mol. The highest BCUT2D eigenvalue weighted by molar-refractivity contribution is 6.09. The molecule has 0 amide bonds. The molecule has 3 aromatic heterocycles. The SMILES string of the molecule is [2H]CC(C)(C[2H])c1ccnc(-n2c3ccccc3c3ccc(Oc4cc(-n5c[n+](-c6c(-c7ccccc7)cc(C(C)(C)C)cc6-c6ccc(-c7ccc(C(C)(C)C)cc7)c(C(C)(C)C)c6)c6ccccc65)ccc4C([2H])([2H])[2H])cc32)c1. The zero-order valence-electron chi connectivity index (χ0n) is 50.6. The number of hydrogen-bond donors (Lipinski definition) is 0. The average molecular weight is 1000 g/mol. The maximum atomic E-state index is 8.78. The van der Waals surface area contributed by atoms with Crippen LogP contribution in [-0.2, 0) is 21.7 Å². The fraction of sp³-hybridized carbons (Fsp3) is 0.239. The predicted octanol–water partition coefficient (Wildman–Crippen LogP) is 18.7. The molecule has 0 N–H and O–H groups in total. The molecule has 0 spiro atoms. The number of pyridine rings is 1. The summed E-state index contributed by atoms with van der Waals surface area (Å²) in [5.41, 5.74) is 15.9. The predicted molar refractivity (Wildman–Crippen MR) is 319 cm³/mol. The van der Waals surface area contributed by atoms with E-state index in [-0.39, 0.29) is 41.4 Å². The molecule has 0 fully saturated rings. The van der Waals surface area contributed by atoms with Crippen molar-refractivity contribution in [3.63, 3.8) is 0 Å². The lowest BCUT2D eigenvalue weighted by Crippen LogP contribution is -2.31. The molecule has 0 saturated heterocycles. The Hall–Kier alpha value is -8.02. The van der Waals surface area contributed by atoms with Gasteiger partial charge < -0.3 is 4.74 Å². The van der Waals surface area contributed by atoms with Crippen molar-refractivity contribution in [3.05, 3.63) is 222 Å². The third-order valence-corrected chi connectivity index (χ3v) is 14.9. The number of benzene rings is 8. The van der Waals surface area contributed by atoms with E-state index < -0.39 is 12.3 Å². The number of hydrogen-bond acceptors (Lipinski definition) is 2. The monoisotopic (exact) mass is 1000 g/mol. The summed E-state index contributed by atoms with van der Waals surface area (Å²) >= 11 is 0. The first-order chi connectivity index (χ1) is 38.4. The molecule has 5 heteroatoms. The van der Waals surface area contributed by atoms with Crippen LogP contribution in [0.15, 0.2) is 195 Å². The van der Waals surface area contributed by atoms with Crippen LogP contribution in [0.3, 0.4) is 0 Å². The summed E-state index contributed by atoms with van der Waals surface area (Å²) in [7, 11) is 0. The van der Waals surface area contributed by atoms with E-state index in [2.05, 4.69) is 198 Å². The van der Waals surface area contributed by atoms with Crippen LogP contribution in [0.1, 0.15) is 118 Å². The summed E-state index contributed by atoms with van der Waals surface area (Å²) in [6, 6.07) is 63.1. The Morgan fingerprint density at radius 1 is 0.487 bits per heavy atom.